The highest BCUT2D eigenvalue weighted by Crippen LogP contribution is 2.24. The maximum Gasteiger partial charge on any atom is 0.193 e. The van der Waals surface area contributed by atoms with Gasteiger partial charge in [-0.3, -0.25) is 14.5 Å². The molecule has 2 rings (SSSR count). The Labute approximate surface area is 156 Å². The smallest absolute Gasteiger partial charge is 0.193 e. The Morgan fingerprint density at radius 3 is 2.52 bits per heavy atom. The molecule has 0 amide bonds. The van der Waals surface area contributed by atoms with Gasteiger partial charge in [0.1, 0.15) is 5.75 Å². The highest BCUT2D eigenvalue weighted by atomic mass is 79.9. The number of hydrogen-bond acceptors (Lipinski definition) is 4. The minimum absolute atomic E-state index is 0.0301. The van der Waals surface area contributed by atoms with Crippen LogP contribution in [0.25, 0.3) is 0 Å². The second-order valence-electron chi connectivity index (χ2n) is 6.23. The maximum atomic E-state index is 12.7. The summed E-state index contributed by atoms with van der Waals surface area (Å²) in [6.07, 6.45) is 0. The van der Waals surface area contributed by atoms with E-state index in [9.17, 15) is 9.59 Å². The molecule has 1 aromatic heterocycles. The second-order valence-corrected chi connectivity index (χ2v) is 7.15. The van der Waals surface area contributed by atoms with Gasteiger partial charge in [-0.05, 0) is 51.6 Å². The Balaban J connectivity index is 2.15. The average Bonchev–Trinajstić information content (AvgIpc) is 2.82. The summed E-state index contributed by atoms with van der Waals surface area (Å²) in [5.41, 5.74) is 3.58. The first-order valence-electron chi connectivity index (χ1n) is 7.98. The average molecular weight is 407 g/mol. The SMILES string of the molecule is COc1ccc(Br)cc1CN(C)CC(=O)c1[nH]c(C)c(C(C)=O)c1C. The van der Waals surface area contributed by atoms with Crippen LogP contribution in [-0.4, -0.2) is 42.2 Å². The molecular formula is C19H23BrN2O3. The number of nitrogens with one attached hydrogen (secondary N) is 1. The lowest BCUT2D eigenvalue weighted by atomic mass is 10.1. The zero-order valence-electron chi connectivity index (χ0n) is 15.2. The van der Waals surface area contributed by atoms with Crippen LogP contribution in [-0.2, 0) is 6.54 Å². The molecule has 0 aliphatic rings. The van der Waals surface area contributed by atoms with Gasteiger partial charge in [-0.1, -0.05) is 15.9 Å². The molecule has 134 valence electrons. The fourth-order valence-corrected chi connectivity index (χ4v) is 3.51. The molecule has 0 fully saturated rings. The number of ether oxygens (including phenoxy) is 1. The Kier molecular flexibility index (Phi) is 6.19. The van der Waals surface area contributed by atoms with E-state index >= 15 is 0 Å². The molecule has 2 aromatic rings. The summed E-state index contributed by atoms with van der Waals surface area (Å²) < 4.78 is 6.34. The number of aryl methyl sites for hydroxylation is 1. The number of rotatable bonds is 7. The molecule has 0 atom stereocenters. The van der Waals surface area contributed by atoms with Crippen LogP contribution in [0.1, 0.15) is 44.6 Å². The molecule has 0 aliphatic carbocycles. The van der Waals surface area contributed by atoms with Crippen LogP contribution >= 0.6 is 15.9 Å². The summed E-state index contributed by atoms with van der Waals surface area (Å²) in [7, 11) is 3.52. The van der Waals surface area contributed by atoms with E-state index in [1.165, 1.54) is 6.92 Å². The molecule has 25 heavy (non-hydrogen) atoms. The predicted molar refractivity (Wildman–Crippen MR) is 102 cm³/mol. The first kappa shape index (κ1) is 19.4. The van der Waals surface area contributed by atoms with Crippen molar-refractivity contribution in [3.8, 4) is 5.75 Å². The molecular weight excluding hydrogens is 384 g/mol. The molecule has 0 aliphatic heterocycles. The van der Waals surface area contributed by atoms with Crippen molar-refractivity contribution in [3.63, 3.8) is 0 Å². The standard InChI is InChI=1S/C19H23BrN2O3/c1-11-18(13(3)23)12(2)21-19(11)16(24)10-22(4)9-14-8-15(20)6-7-17(14)25-5/h6-8,21H,9-10H2,1-5H3. The third-order valence-corrected chi connectivity index (χ3v) is 4.66. The van der Waals surface area contributed by atoms with E-state index in [0.717, 1.165) is 27.0 Å². The van der Waals surface area contributed by atoms with Crippen molar-refractivity contribution in [2.24, 2.45) is 0 Å². The lowest BCUT2D eigenvalue weighted by molar-refractivity contribution is 0.0937. The van der Waals surface area contributed by atoms with Crippen molar-refractivity contribution in [3.05, 3.63) is 50.8 Å². The Morgan fingerprint density at radius 2 is 1.96 bits per heavy atom. The molecule has 6 heteroatoms. The van der Waals surface area contributed by atoms with Gasteiger partial charge in [0.05, 0.1) is 19.3 Å². The zero-order valence-corrected chi connectivity index (χ0v) is 16.8. The molecule has 0 unspecified atom stereocenters. The van der Waals surface area contributed by atoms with Crippen LogP contribution in [0.2, 0.25) is 0 Å². The van der Waals surface area contributed by atoms with E-state index < -0.39 is 0 Å². The number of carbonyl (C=O) groups is 2. The van der Waals surface area contributed by atoms with E-state index in [-0.39, 0.29) is 18.1 Å². The first-order valence-corrected chi connectivity index (χ1v) is 8.78. The Hall–Kier alpha value is -1.92. The van der Waals surface area contributed by atoms with Gasteiger partial charge < -0.3 is 9.72 Å². The molecule has 5 nitrogen and oxygen atoms in total. The molecule has 0 saturated carbocycles. The van der Waals surface area contributed by atoms with Crippen molar-refractivity contribution in [2.75, 3.05) is 20.7 Å². The number of carbonyl (C=O) groups excluding carboxylic acids is 2. The molecule has 0 spiro atoms. The summed E-state index contributed by atoms with van der Waals surface area (Å²) >= 11 is 3.46. The number of aromatic nitrogens is 1. The van der Waals surface area contributed by atoms with Gasteiger partial charge in [-0.25, -0.2) is 0 Å². The number of likely N-dealkylation sites (N-methyl/N-ethyl adjacent to an activating group) is 1. The fraction of sp³-hybridized carbons (Fsp3) is 0.368. The summed E-state index contributed by atoms with van der Waals surface area (Å²) in [4.78, 5) is 29.4. The van der Waals surface area contributed by atoms with Crippen LogP contribution in [0.3, 0.4) is 0 Å². The third kappa shape index (κ3) is 4.38. The van der Waals surface area contributed by atoms with Crippen LogP contribution in [0.5, 0.6) is 5.75 Å². The molecule has 0 saturated heterocycles. The maximum absolute atomic E-state index is 12.7. The van der Waals surface area contributed by atoms with Gasteiger partial charge in [0.25, 0.3) is 0 Å². The van der Waals surface area contributed by atoms with Gasteiger partial charge >= 0.3 is 0 Å². The molecule has 0 bridgehead atoms. The monoisotopic (exact) mass is 406 g/mol. The van der Waals surface area contributed by atoms with E-state index in [4.69, 9.17) is 4.74 Å². The van der Waals surface area contributed by atoms with Crippen LogP contribution in [0, 0.1) is 13.8 Å². The van der Waals surface area contributed by atoms with Crippen molar-refractivity contribution >= 4 is 27.5 Å². The molecule has 1 heterocycles. The largest absolute Gasteiger partial charge is 0.496 e. The van der Waals surface area contributed by atoms with Crippen LogP contribution < -0.4 is 4.74 Å². The van der Waals surface area contributed by atoms with Crippen molar-refractivity contribution in [1.82, 2.24) is 9.88 Å². The van der Waals surface area contributed by atoms with E-state index in [2.05, 4.69) is 20.9 Å². The van der Waals surface area contributed by atoms with Gasteiger partial charge in [-0.15, -0.1) is 0 Å². The number of benzene rings is 1. The quantitative estimate of drug-likeness (QED) is 0.707. The third-order valence-electron chi connectivity index (χ3n) is 4.16. The molecule has 0 radical (unpaired) electrons. The topological polar surface area (TPSA) is 62.4 Å². The number of methoxy groups -OCH3 is 1. The molecule has 1 aromatic carbocycles. The van der Waals surface area contributed by atoms with Gasteiger partial charge in [0.2, 0.25) is 0 Å². The lowest BCUT2D eigenvalue weighted by Gasteiger charge is -2.18. The van der Waals surface area contributed by atoms with Crippen LogP contribution in [0.4, 0.5) is 0 Å². The second kappa shape index (κ2) is 7.97. The van der Waals surface area contributed by atoms with E-state index in [1.807, 2.05) is 44.0 Å². The summed E-state index contributed by atoms with van der Waals surface area (Å²) in [5.74, 6) is 0.718. The Morgan fingerprint density at radius 1 is 1.28 bits per heavy atom. The number of aromatic amines is 1. The van der Waals surface area contributed by atoms with Crippen LogP contribution in [0.15, 0.2) is 22.7 Å². The van der Waals surface area contributed by atoms with Gasteiger partial charge in [0.15, 0.2) is 11.6 Å². The summed E-state index contributed by atoms with van der Waals surface area (Å²) in [6, 6.07) is 5.80. The van der Waals surface area contributed by atoms with Gasteiger partial charge in [0, 0.05) is 27.8 Å². The Bertz CT molecular complexity index is 811. The fourth-order valence-electron chi connectivity index (χ4n) is 3.10. The first-order chi connectivity index (χ1) is 11.7. The highest BCUT2D eigenvalue weighted by Gasteiger charge is 2.21. The minimum atomic E-state index is -0.0374. The van der Waals surface area contributed by atoms with Crippen molar-refractivity contribution in [2.45, 2.75) is 27.3 Å². The zero-order chi connectivity index (χ0) is 18.7. The number of halogens is 1. The number of nitrogens with zero attached hydrogens (tertiary/aromatic N) is 1. The highest BCUT2D eigenvalue weighted by molar-refractivity contribution is 9.10. The predicted octanol–water partition coefficient (Wildman–Crippen LogP) is 3.92. The normalized spacial score (nSPS) is 11.0. The molecule has 1 N–H and O–H groups in total. The lowest BCUT2D eigenvalue weighted by Crippen LogP contribution is -2.26. The summed E-state index contributed by atoms with van der Waals surface area (Å²) in [5, 5.41) is 0. The number of Topliss-reactive ketones (excluding diaryl/α,β-unsaturated/α-hetero) is 2. The van der Waals surface area contributed by atoms with E-state index in [1.54, 1.807) is 7.11 Å². The van der Waals surface area contributed by atoms with Crippen molar-refractivity contribution < 1.29 is 14.3 Å². The van der Waals surface area contributed by atoms with Crippen molar-refractivity contribution in [1.29, 1.82) is 0 Å². The number of H-pyrrole nitrogens is 1. The number of hydrogen-bond donors (Lipinski definition) is 1. The van der Waals surface area contributed by atoms with E-state index in [0.29, 0.717) is 17.8 Å². The minimum Gasteiger partial charge on any atom is -0.496 e. The van der Waals surface area contributed by atoms with Gasteiger partial charge in [-0.2, -0.15) is 0 Å². The summed E-state index contributed by atoms with van der Waals surface area (Å²) in [6.45, 7) is 5.96. The number of ketones is 2.